The van der Waals surface area contributed by atoms with Crippen molar-refractivity contribution in [2.45, 2.75) is 45.7 Å². The number of nitrogens with two attached hydrogens (primary N) is 1. The zero-order chi connectivity index (χ0) is 20.3. The number of benzene rings is 1. The number of rotatable bonds is 5. The Bertz CT molecular complexity index is 823. The van der Waals surface area contributed by atoms with E-state index in [2.05, 4.69) is 5.32 Å². The molecule has 1 aromatic carbocycles. The van der Waals surface area contributed by atoms with E-state index in [-0.39, 0.29) is 29.8 Å². The van der Waals surface area contributed by atoms with Gasteiger partial charge in [-0.15, -0.1) is 0 Å². The van der Waals surface area contributed by atoms with Crippen molar-refractivity contribution in [2.24, 2.45) is 11.7 Å². The van der Waals surface area contributed by atoms with Crippen molar-refractivity contribution in [3.8, 4) is 0 Å². The largest absolute Gasteiger partial charge is 0.466 e. The Kier molecular flexibility index (Phi) is 6.19. The van der Waals surface area contributed by atoms with E-state index in [0.717, 1.165) is 24.2 Å². The molecule has 1 aromatic heterocycles. The minimum absolute atomic E-state index is 0.0595. The summed E-state index contributed by atoms with van der Waals surface area (Å²) in [6.45, 7) is 6.76. The Morgan fingerprint density at radius 1 is 1.18 bits per heavy atom. The lowest BCUT2D eigenvalue weighted by atomic mass is 9.93. The summed E-state index contributed by atoms with van der Waals surface area (Å²) in [5.41, 5.74) is 7.86. The first-order valence-electron chi connectivity index (χ1n) is 9.84. The van der Waals surface area contributed by atoms with Crippen molar-refractivity contribution in [1.29, 1.82) is 0 Å². The number of piperidine rings is 1. The normalized spacial score (nSPS) is 17.2. The van der Waals surface area contributed by atoms with Crippen LogP contribution in [0.2, 0.25) is 0 Å². The van der Waals surface area contributed by atoms with E-state index in [1.165, 1.54) is 0 Å². The van der Waals surface area contributed by atoms with Crippen LogP contribution in [0, 0.1) is 19.8 Å². The van der Waals surface area contributed by atoms with Crippen LogP contribution in [0.1, 0.15) is 53.2 Å². The summed E-state index contributed by atoms with van der Waals surface area (Å²) >= 11 is 0. The number of carbonyl (C=O) groups is 2. The minimum Gasteiger partial charge on any atom is -0.466 e. The molecule has 28 heavy (non-hydrogen) atoms. The molecular formula is C22H29N3O3. The van der Waals surface area contributed by atoms with Crippen LogP contribution >= 0.6 is 0 Å². The second-order valence-electron chi connectivity index (χ2n) is 7.63. The van der Waals surface area contributed by atoms with Gasteiger partial charge in [0.05, 0.1) is 11.5 Å². The number of carbonyl (C=O) groups excluding carboxylic acids is 2. The van der Waals surface area contributed by atoms with Gasteiger partial charge in [0.25, 0.3) is 5.91 Å². The van der Waals surface area contributed by atoms with Crippen LogP contribution in [0.25, 0.3) is 0 Å². The molecule has 6 heteroatoms. The van der Waals surface area contributed by atoms with E-state index in [1.807, 2.05) is 49.1 Å². The van der Waals surface area contributed by atoms with Crippen molar-refractivity contribution in [3.63, 3.8) is 0 Å². The Hall–Kier alpha value is -2.60. The summed E-state index contributed by atoms with van der Waals surface area (Å²) in [4.78, 5) is 27.2. The molecule has 1 fully saturated rings. The number of aryl methyl sites for hydroxylation is 2. The predicted octanol–water partition coefficient (Wildman–Crippen LogP) is 2.95. The lowest BCUT2D eigenvalue weighted by Crippen LogP contribution is -2.48. The lowest BCUT2D eigenvalue weighted by molar-refractivity contribution is -0.136. The molecule has 0 radical (unpaired) electrons. The van der Waals surface area contributed by atoms with Crippen LogP contribution in [0.15, 0.2) is 40.8 Å². The van der Waals surface area contributed by atoms with Crippen LogP contribution in [0.5, 0.6) is 0 Å². The van der Waals surface area contributed by atoms with E-state index >= 15 is 0 Å². The molecule has 2 unspecified atom stereocenters. The van der Waals surface area contributed by atoms with Crippen LogP contribution in [-0.2, 0) is 4.79 Å². The summed E-state index contributed by atoms with van der Waals surface area (Å²) in [6, 6.07) is 11.2. The van der Waals surface area contributed by atoms with E-state index in [1.54, 1.807) is 13.0 Å². The molecule has 2 amide bonds. The molecule has 1 aliphatic rings. The number of likely N-dealkylation sites (tertiary alicyclic amines) is 1. The molecule has 150 valence electrons. The van der Waals surface area contributed by atoms with Crippen LogP contribution in [-0.4, -0.2) is 35.8 Å². The van der Waals surface area contributed by atoms with Gasteiger partial charge in [0, 0.05) is 25.2 Å². The zero-order valence-electron chi connectivity index (χ0n) is 16.8. The minimum atomic E-state index is -0.321. The van der Waals surface area contributed by atoms with Crippen molar-refractivity contribution in [1.82, 2.24) is 10.2 Å². The molecule has 1 saturated heterocycles. The SMILES string of the molecule is Cc1cc(C(=O)NC2CCN(C(=O)C(C)C(N)c3ccccc3)CC2)c(C)o1. The van der Waals surface area contributed by atoms with E-state index in [9.17, 15) is 9.59 Å². The summed E-state index contributed by atoms with van der Waals surface area (Å²) < 4.78 is 5.43. The second-order valence-corrected chi connectivity index (χ2v) is 7.63. The lowest BCUT2D eigenvalue weighted by Gasteiger charge is -2.35. The van der Waals surface area contributed by atoms with Gasteiger partial charge in [0.2, 0.25) is 5.91 Å². The van der Waals surface area contributed by atoms with Gasteiger partial charge in [-0.05, 0) is 38.3 Å². The first-order chi connectivity index (χ1) is 13.4. The summed E-state index contributed by atoms with van der Waals surface area (Å²) in [7, 11) is 0. The molecule has 3 N–H and O–H groups in total. The monoisotopic (exact) mass is 383 g/mol. The van der Waals surface area contributed by atoms with E-state index in [4.69, 9.17) is 10.2 Å². The van der Waals surface area contributed by atoms with Gasteiger partial charge in [-0.2, -0.15) is 0 Å². The molecule has 1 aliphatic heterocycles. The molecule has 0 aliphatic carbocycles. The third-order valence-corrected chi connectivity index (χ3v) is 5.54. The second kappa shape index (κ2) is 8.61. The molecule has 6 nitrogen and oxygen atoms in total. The maximum atomic E-state index is 12.9. The summed E-state index contributed by atoms with van der Waals surface area (Å²) in [5, 5.41) is 3.07. The number of amides is 2. The first-order valence-corrected chi connectivity index (χ1v) is 9.84. The molecule has 2 heterocycles. The number of nitrogens with zero attached hydrogens (tertiary/aromatic N) is 1. The molecule has 2 aromatic rings. The van der Waals surface area contributed by atoms with Crippen LogP contribution in [0.3, 0.4) is 0 Å². The van der Waals surface area contributed by atoms with Gasteiger partial charge in [0.15, 0.2) is 0 Å². The quantitative estimate of drug-likeness (QED) is 0.831. The predicted molar refractivity (Wildman–Crippen MR) is 108 cm³/mol. The standard InChI is InChI=1S/C22H29N3O3/c1-14-13-19(16(3)28-14)21(26)24-18-9-11-25(12-10-18)22(27)15(2)20(23)17-7-5-4-6-8-17/h4-8,13,15,18,20H,9-12,23H2,1-3H3,(H,24,26). The average molecular weight is 383 g/mol. The van der Waals surface area contributed by atoms with Crippen molar-refractivity contribution in [2.75, 3.05) is 13.1 Å². The average Bonchev–Trinajstić information content (AvgIpc) is 3.05. The van der Waals surface area contributed by atoms with Gasteiger partial charge in [-0.3, -0.25) is 9.59 Å². The highest BCUT2D eigenvalue weighted by Gasteiger charge is 2.30. The molecule has 2 atom stereocenters. The zero-order valence-corrected chi connectivity index (χ0v) is 16.8. The Labute approximate surface area is 166 Å². The fourth-order valence-electron chi connectivity index (χ4n) is 3.77. The highest BCUT2D eigenvalue weighted by Crippen LogP contribution is 2.23. The van der Waals surface area contributed by atoms with E-state index < -0.39 is 0 Å². The molecule has 0 spiro atoms. The summed E-state index contributed by atoms with van der Waals surface area (Å²) in [5.74, 6) is 1.03. The van der Waals surface area contributed by atoms with Crippen LogP contribution in [0.4, 0.5) is 0 Å². The van der Waals surface area contributed by atoms with Gasteiger partial charge in [-0.1, -0.05) is 37.3 Å². The first kappa shape index (κ1) is 20.1. The van der Waals surface area contributed by atoms with Gasteiger partial charge < -0.3 is 20.4 Å². The maximum Gasteiger partial charge on any atom is 0.255 e. The number of hydrogen-bond donors (Lipinski definition) is 2. The highest BCUT2D eigenvalue weighted by atomic mass is 16.3. The topological polar surface area (TPSA) is 88.6 Å². The van der Waals surface area contributed by atoms with Gasteiger partial charge in [0.1, 0.15) is 11.5 Å². The number of furan rings is 1. The van der Waals surface area contributed by atoms with Crippen molar-refractivity contribution in [3.05, 3.63) is 59.0 Å². The fraction of sp³-hybridized carbons (Fsp3) is 0.455. The van der Waals surface area contributed by atoms with E-state index in [0.29, 0.717) is 24.4 Å². The molecule has 3 rings (SSSR count). The highest BCUT2D eigenvalue weighted by molar-refractivity contribution is 5.95. The Morgan fingerprint density at radius 2 is 1.82 bits per heavy atom. The Balaban J connectivity index is 1.52. The fourth-order valence-corrected chi connectivity index (χ4v) is 3.77. The van der Waals surface area contributed by atoms with Crippen molar-refractivity contribution < 1.29 is 14.0 Å². The number of nitrogens with one attached hydrogen (secondary N) is 1. The van der Waals surface area contributed by atoms with Crippen molar-refractivity contribution >= 4 is 11.8 Å². The third-order valence-electron chi connectivity index (χ3n) is 5.54. The smallest absolute Gasteiger partial charge is 0.255 e. The molecule has 0 bridgehead atoms. The van der Waals surface area contributed by atoms with Gasteiger partial charge >= 0.3 is 0 Å². The Morgan fingerprint density at radius 3 is 2.39 bits per heavy atom. The summed E-state index contributed by atoms with van der Waals surface area (Å²) in [6.07, 6.45) is 1.47. The van der Waals surface area contributed by atoms with Crippen LogP contribution < -0.4 is 11.1 Å². The maximum absolute atomic E-state index is 12.9. The third kappa shape index (κ3) is 4.44. The molecular weight excluding hydrogens is 354 g/mol. The van der Waals surface area contributed by atoms with Gasteiger partial charge in [-0.25, -0.2) is 0 Å². The number of hydrogen-bond acceptors (Lipinski definition) is 4. The molecule has 0 saturated carbocycles.